The third-order valence-corrected chi connectivity index (χ3v) is 2.86. The summed E-state index contributed by atoms with van der Waals surface area (Å²) in [4.78, 5) is 15.1. The van der Waals surface area contributed by atoms with Gasteiger partial charge in [-0.15, -0.1) is 4.90 Å². The fourth-order valence-corrected chi connectivity index (χ4v) is 1.60. The van der Waals surface area contributed by atoms with Crippen molar-refractivity contribution in [1.82, 2.24) is 4.90 Å². The first-order valence-electron chi connectivity index (χ1n) is 5.30. The highest BCUT2D eigenvalue weighted by Gasteiger charge is 2.24. The van der Waals surface area contributed by atoms with Crippen molar-refractivity contribution in [3.05, 3.63) is 28.2 Å². The first-order valence-corrected chi connectivity index (χ1v) is 6.05. The summed E-state index contributed by atoms with van der Waals surface area (Å²) in [5.74, 6) is 0. The third kappa shape index (κ3) is 4.90. The largest absolute Gasteiger partial charge is 1.00 e. The molecule has 106 valence electrons. The van der Waals surface area contributed by atoms with Gasteiger partial charge in [-0.05, 0) is 12.1 Å². The van der Waals surface area contributed by atoms with Crippen molar-refractivity contribution in [3.8, 4) is 0 Å². The molecular weight excluding hydrogens is 309 g/mol. The molecule has 0 heterocycles. The summed E-state index contributed by atoms with van der Waals surface area (Å²) < 4.78 is 1.78. The number of urea groups is 1. The van der Waals surface area contributed by atoms with E-state index in [0.29, 0.717) is 15.7 Å². The van der Waals surface area contributed by atoms with Crippen LogP contribution in [0, 0.1) is 0 Å². The molecule has 0 saturated carbocycles. The van der Waals surface area contributed by atoms with Gasteiger partial charge >= 0.3 is 6.03 Å². The van der Waals surface area contributed by atoms with Crippen LogP contribution in [0.2, 0.25) is 10.0 Å². The van der Waals surface area contributed by atoms with Gasteiger partial charge < -0.3 is 17.3 Å². The minimum atomic E-state index is -0.165. The first-order chi connectivity index (χ1) is 8.32. The molecule has 0 aliphatic heterocycles. The molecule has 1 aromatic carbocycles. The van der Waals surface area contributed by atoms with Gasteiger partial charge in [0.2, 0.25) is 6.34 Å². The lowest BCUT2D eigenvalue weighted by Crippen LogP contribution is -3.00. The number of nitrogens with zero attached hydrogens (tertiary/aromatic N) is 3. The van der Waals surface area contributed by atoms with E-state index < -0.39 is 0 Å². The van der Waals surface area contributed by atoms with Gasteiger partial charge in [-0.2, -0.15) is 0 Å². The minimum Gasteiger partial charge on any atom is -1.00 e. The van der Waals surface area contributed by atoms with Crippen molar-refractivity contribution >= 4 is 41.3 Å². The summed E-state index contributed by atoms with van der Waals surface area (Å²) in [6, 6.07) is 4.90. The number of amides is 2. The van der Waals surface area contributed by atoms with E-state index in [0.717, 1.165) is 0 Å². The molecule has 0 spiro atoms. The molecule has 19 heavy (non-hydrogen) atoms. The van der Waals surface area contributed by atoms with Gasteiger partial charge in [0.1, 0.15) is 5.69 Å². The van der Waals surface area contributed by atoms with Crippen LogP contribution in [-0.2, 0) is 0 Å². The van der Waals surface area contributed by atoms with E-state index in [4.69, 9.17) is 23.2 Å². The molecule has 0 atom stereocenters. The zero-order valence-electron chi connectivity index (χ0n) is 11.2. The van der Waals surface area contributed by atoms with E-state index in [-0.39, 0.29) is 18.4 Å². The molecule has 0 unspecified atom stereocenters. The van der Waals surface area contributed by atoms with E-state index in [1.807, 2.05) is 14.1 Å². The third-order valence-electron chi connectivity index (χ3n) is 2.12. The molecule has 4 nitrogen and oxygen atoms in total. The number of halogens is 3. The maximum absolute atomic E-state index is 12.1. The molecule has 0 aliphatic rings. The lowest BCUT2D eigenvalue weighted by Gasteiger charge is -2.16. The highest BCUT2D eigenvalue weighted by Crippen LogP contribution is 2.27. The second kappa shape index (κ2) is 7.58. The normalized spacial score (nSPS) is 9.37. The predicted molar refractivity (Wildman–Crippen MR) is 76.2 cm³/mol. The molecule has 0 aromatic heterocycles. The van der Waals surface area contributed by atoms with Crippen molar-refractivity contribution in [1.29, 1.82) is 0 Å². The summed E-state index contributed by atoms with van der Waals surface area (Å²) in [6.07, 6.45) is 1.68. The van der Waals surface area contributed by atoms with Crippen LogP contribution in [0.25, 0.3) is 0 Å². The molecular formula is C12H16Cl3N3O. The summed E-state index contributed by atoms with van der Waals surface area (Å²) in [7, 11) is 7.06. The highest BCUT2D eigenvalue weighted by molar-refractivity contribution is 6.42. The topological polar surface area (TPSA) is 26.6 Å². The van der Waals surface area contributed by atoms with Crippen LogP contribution < -0.4 is 17.3 Å². The molecule has 2 amide bonds. The number of carbonyl (C=O) groups excluding carboxylic acids is 1. The van der Waals surface area contributed by atoms with Crippen LogP contribution in [0.5, 0.6) is 0 Å². The Morgan fingerprint density at radius 2 is 1.79 bits per heavy atom. The maximum Gasteiger partial charge on any atom is 0.415 e. The molecule has 0 N–H and O–H groups in total. The SMILES string of the molecule is CN(C)C(=O)N(C=[N+](C)C)c1ccc(Cl)c(Cl)c1.[Cl-]. The zero-order valence-corrected chi connectivity index (χ0v) is 13.5. The fraction of sp³-hybridized carbons (Fsp3) is 0.333. The summed E-state index contributed by atoms with van der Waals surface area (Å²) in [6.45, 7) is 0. The Hall–Kier alpha value is -0.970. The smallest absolute Gasteiger partial charge is 0.415 e. The average Bonchev–Trinajstić information content (AvgIpc) is 2.28. The van der Waals surface area contributed by atoms with Crippen LogP contribution in [0.4, 0.5) is 10.5 Å². The number of carbonyl (C=O) groups is 1. The van der Waals surface area contributed by atoms with E-state index in [1.54, 1.807) is 43.2 Å². The van der Waals surface area contributed by atoms with E-state index in [2.05, 4.69) is 0 Å². The Labute approximate surface area is 129 Å². The summed E-state index contributed by atoms with van der Waals surface area (Å²) in [5.41, 5.74) is 0.664. The van der Waals surface area contributed by atoms with Crippen LogP contribution >= 0.6 is 23.2 Å². The van der Waals surface area contributed by atoms with Gasteiger partial charge in [0.15, 0.2) is 0 Å². The van der Waals surface area contributed by atoms with Gasteiger partial charge in [-0.1, -0.05) is 23.2 Å². The second-order valence-electron chi connectivity index (χ2n) is 4.22. The monoisotopic (exact) mass is 323 g/mol. The molecule has 0 bridgehead atoms. The predicted octanol–water partition coefficient (Wildman–Crippen LogP) is -0.214. The van der Waals surface area contributed by atoms with Crippen LogP contribution in [0.15, 0.2) is 18.2 Å². The van der Waals surface area contributed by atoms with Crippen molar-refractivity contribution < 1.29 is 21.8 Å². The van der Waals surface area contributed by atoms with Crippen molar-refractivity contribution in [2.45, 2.75) is 0 Å². The molecule has 7 heteroatoms. The molecule has 0 fully saturated rings. The lowest BCUT2D eigenvalue weighted by molar-refractivity contribution is -0.460. The molecule has 1 aromatic rings. The lowest BCUT2D eigenvalue weighted by atomic mass is 10.3. The maximum atomic E-state index is 12.1. The average molecular weight is 325 g/mol. The van der Waals surface area contributed by atoms with Gasteiger partial charge in [-0.3, -0.25) is 4.58 Å². The number of benzene rings is 1. The quantitative estimate of drug-likeness (QED) is 0.420. The number of hydrogen-bond donors (Lipinski definition) is 0. The van der Waals surface area contributed by atoms with Gasteiger partial charge in [0.05, 0.1) is 24.1 Å². The summed E-state index contributed by atoms with van der Waals surface area (Å²) in [5, 5.41) is 0.875. The first kappa shape index (κ1) is 18.0. The van der Waals surface area contributed by atoms with E-state index in [1.165, 1.54) is 9.80 Å². The van der Waals surface area contributed by atoms with Crippen molar-refractivity contribution in [3.63, 3.8) is 0 Å². The number of hydrogen-bond acceptors (Lipinski definition) is 1. The Balaban J connectivity index is 0.00000324. The second-order valence-corrected chi connectivity index (χ2v) is 5.04. The number of anilines is 1. The van der Waals surface area contributed by atoms with Crippen molar-refractivity contribution in [2.24, 2.45) is 0 Å². The van der Waals surface area contributed by atoms with E-state index >= 15 is 0 Å². The fourth-order valence-electron chi connectivity index (χ4n) is 1.31. The van der Waals surface area contributed by atoms with Crippen LogP contribution in [0.3, 0.4) is 0 Å². The summed E-state index contributed by atoms with van der Waals surface area (Å²) >= 11 is 11.8. The van der Waals surface area contributed by atoms with Crippen LogP contribution in [0.1, 0.15) is 0 Å². The molecule has 0 aliphatic carbocycles. The Bertz CT molecular complexity index is 485. The Morgan fingerprint density at radius 3 is 2.21 bits per heavy atom. The Morgan fingerprint density at radius 1 is 1.21 bits per heavy atom. The van der Waals surface area contributed by atoms with Crippen LogP contribution in [-0.4, -0.2) is 50.0 Å². The Kier molecular flexibility index (Phi) is 7.19. The zero-order chi connectivity index (χ0) is 13.9. The molecule has 0 radical (unpaired) electrons. The standard InChI is InChI=1S/C12H16Cl2N3O.ClH/c1-15(2)8-17(12(18)16(3)4)9-5-6-10(13)11(14)7-9;/h5-8H,1-4H3;1H/q+1;/p-1. The van der Waals surface area contributed by atoms with E-state index in [9.17, 15) is 4.79 Å². The molecule has 1 rings (SSSR count). The van der Waals surface area contributed by atoms with Gasteiger partial charge in [0, 0.05) is 20.2 Å². The highest BCUT2D eigenvalue weighted by atomic mass is 35.5. The van der Waals surface area contributed by atoms with Crippen molar-refractivity contribution in [2.75, 3.05) is 33.1 Å². The minimum absolute atomic E-state index is 0. The van der Waals surface area contributed by atoms with Gasteiger partial charge in [-0.25, -0.2) is 4.79 Å². The van der Waals surface area contributed by atoms with Gasteiger partial charge in [0.25, 0.3) is 0 Å². The number of rotatable bonds is 2. The molecule has 0 saturated heterocycles.